The molecule has 116 valence electrons. The van der Waals surface area contributed by atoms with Gasteiger partial charge < -0.3 is 4.90 Å². The van der Waals surface area contributed by atoms with Gasteiger partial charge in [0.05, 0.1) is 21.7 Å². The number of hydrogen-bond donors (Lipinski definition) is 1. The minimum atomic E-state index is -0.338. The van der Waals surface area contributed by atoms with Gasteiger partial charge in [0.25, 0.3) is 5.91 Å². The number of rotatable bonds is 6. The van der Waals surface area contributed by atoms with Crippen LogP contribution in [0.4, 0.5) is 5.13 Å². The lowest BCUT2D eigenvalue weighted by molar-refractivity contribution is 0.0955. The number of benzene rings is 1. The molecule has 0 aliphatic heterocycles. The Balaban J connectivity index is 1.98. The van der Waals surface area contributed by atoms with Gasteiger partial charge in [-0.15, -0.1) is 0 Å². The number of hydrazone groups is 1. The number of amides is 1. The largest absolute Gasteiger partial charge is 0.349 e. The summed E-state index contributed by atoms with van der Waals surface area (Å²) in [6, 6.07) is 6.84. The molecular weight excluding hydrogens is 320 g/mol. The highest BCUT2D eigenvalue weighted by atomic mass is 35.5. The minimum absolute atomic E-state index is 0.338. The van der Waals surface area contributed by atoms with Crippen LogP contribution in [0.15, 0.2) is 35.6 Å². The molecule has 2 rings (SSSR count). The fraction of sp³-hybridized carbons (Fsp3) is 0.267. The van der Waals surface area contributed by atoms with Gasteiger partial charge >= 0.3 is 0 Å². The molecule has 1 amide bonds. The number of nitrogens with zero attached hydrogens (tertiary/aromatic N) is 3. The average molecular weight is 337 g/mol. The van der Waals surface area contributed by atoms with Gasteiger partial charge in [-0.3, -0.25) is 4.79 Å². The second-order valence-corrected chi connectivity index (χ2v) is 5.84. The molecule has 0 saturated carbocycles. The molecule has 0 atom stereocenters. The van der Waals surface area contributed by atoms with E-state index in [0.717, 1.165) is 23.1 Å². The zero-order chi connectivity index (χ0) is 15.9. The van der Waals surface area contributed by atoms with Crippen molar-refractivity contribution in [3.8, 4) is 0 Å². The van der Waals surface area contributed by atoms with E-state index in [1.165, 1.54) is 11.3 Å². The maximum atomic E-state index is 11.9. The summed E-state index contributed by atoms with van der Waals surface area (Å²) < 4.78 is 0. The number of aromatic nitrogens is 1. The normalized spacial score (nSPS) is 10.9. The summed E-state index contributed by atoms with van der Waals surface area (Å²) in [7, 11) is 0. The van der Waals surface area contributed by atoms with E-state index < -0.39 is 0 Å². The SMILES string of the molecule is CCN(CC)c1ncc(/C=N\NC(=O)c2ccccc2Cl)s1. The fourth-order valence-corrected chi connectivity index (χ4v) is 2.97. The van der Waals surface area contributed by atoms with Crippen molar-refractivity contribution in [2.75, 3.05) is 18.0 Å². The van der Waals surface area contributed by atoms with Crippen LogP contribution in [0.2, 0.25) is 5.02 Å². The molecule has 22 heavy (non-hydrogen) atoms. The Morgan fingerprint density at radius 2 is 2.14 bits per heavy atom. The van der Waals surface area contributed by atoms with Gasteiger partial charge in [0.15, 0.2) is 5.13 Å². The quantitative estimate of drug-likeness (QED) is 0.649. The molecule has 1 N–H and O–H groups in total. The lowest BCUT2D eigenvalue weighted by Crippen LogP contribution is -2.21. The van der Waals surface area contributed by atoms with E-state index in [0.29, 0.717) is 10.6 Å². The van der Waals surface area contributed by atoms with Gasteiger partial charge in [-0.05, 0) is 26.0 Å². The summed E-state index contributed by atoms with van der Waals surface area (Å²) in [4.78, 5) is 19.3. The molecule has 2 aromatic rings. The van der Waals surface area contributed by atoms with Crippen molar-refractivity contribution < 1.29 is 4.79 Å². The van der Waals surface area contributed by atoms with E-state index in [1.807, 2.05) is 0 Å². The monoisotopic (exact) mass is 336 g/mol. The lowest BCUT2D eigenvalue weighted by Gasteiger charge is -2.16. The predicted molar refractivity (Wildman–Crippen MR) is 92.2 cm³/mol. The van der Waals surface area contributed by atoms with Crippen molar-refractivity contribution in [3.63, 3.8) is 0 Å². The van der Waals surface area contributed by atoms with Crippen molar-refractivity contribution in [3.05, 3.63) is 45.9 Å². The summed E-state index contributed by atoms with van der Waals surface area (Å²) >= 11 is 7.49. The highest BCUT2D eigenvalue weighted by molar-refractivity contribution is 7.17. The smallest absolute Gasteiger partial charge is 0.272 e. The third kappa shape index (κ3) is 4.05. The summed E-state index contributed by atoms with van der Waals surface area (Å²) in [5.41, 5.74) is 2.86. The number of anilines is 1. The van der Waals surface area contributed by atoms with Gasteiger partial charge in [-0.1, -0.05) is 35.1 Å². The number of halogens is 1. The summed E-state index contributed by atoms with van der Waals surface area (Å²) in [5.74, 6) is -0.338. The molecular formula is C15H17ClN4OS. The predicted octanol–water partition coefficient (Wildman–Crippen LogP) is 3.41. The van der Waals surface area contributed by atoms with Crippen LogP contribution in [-0.4, -0.2) is 30.2 Å². The molecule has 0 aliphatic carbocycles. The highest BCUT2D eigenvalue weighted by Crippen LogP contribution is 2.20. The standard InChI is InChI=1S/C15H17ClN4OS/c1-3-20(4-2)15-17-9-11(22-15)10-18-19-14(21)12-7-5-6-8-13(12)16/h5-10H,3-4H2,1-2H3,(H,19,21)/b18-10-. The number of nitrogens with one attached hydrogen (secondary N) is 1. The van der Waals surface area contributed by atoms with E-state index in [9.17, 15) is 4.79 Å². The van der Waals surface area contributed by atoms with Crippen molar-refractivity contribution in [2.45, 2.75) is 13.8 Å². The molecule has 0 unspecified atom stereocenters. The molecule has 1 aromatic carbocycles. The molecule has 5 nitrogen and oxygen atoms in total. The van der Waals surface area contributed by atoms with Crippen LogP contribution in [0.3, 0.4) is 0 Å². The second kappa shape index (κ2) is 7.91. The number of thiazole rings is 1. The van der Waals surface area contributed by atoms with Crippen molar-refractivity contribution in [2.24, 2.45) is 5.10 Å². The van der Waals surface area contributed by atoms with E-state index >= 15 is 0 Å². The Morgan fingerprint density at radius 3 is 2.82 bits per heavy atom. The van der Waals surface area contributed by atoms with E-state index in [1.54, 1.807) is 36.7 Å². The summed E-state index contributed by atoms with van der Waals surface area (Å²) in [5, 5.41) is 5.30. The van der Waals surface area contributed by atoms with Gasteiger partial charge in [0.2, 0.25) is 0 Å². The molecule has 0 saturated heterocycles. The molecule has 0 aliphatic rings. The van der Waals surface area contributed by atoms with Gasteiger partial charge in [0, 0.05) is 19.3 Å². The fourth-order valence-electron chi connectivity index (χ4n) is 1.84. The zero-order valence-electron chi connectivity index (χ0n) is 12.4. The highest BCUT2D eigenvalue weighted by Gasteiger charge is 2.09. The van der Waals surface area contributed by atoms with Crippen LogP contribution in [0, 0.1) is 0 Å². The molecule has 0 fully saturated rings. The summed E-state index contributed by atoms with van der Waals surface area (Å²) in [6.45, 7) is 5.98. The first kappa shape index (κ1) is 16.5. The van der Waals surface area contributed by atoms with Crippen molar-refractivity contribution >= 4 is 40.2 Å². The molecule has 0 radical (unpaired) electrons. The second-order valence-electron chi connectivity index (χ2n) is 4.40. The Bertz CT molecular complexity index is 667. The Kier molecular flexibility index (Phi) is 5.91. The van der Waals surface area contributed by atoms with Crippen LogP contribution < -0.4 is 10.3 Å². The Morgan fingerprint density at radius 1 is 1.41 bits per heavy atom. The molecule has 0 bridgehead atoms. The van der Waals surface area contributed by atoms with E-state index in [4.69, 9.17) is 11.6 Å². The first-order valence-electron chi connectivity index (χ1n) is 6.94. The third-order valence-corrected chi connectivity index (χ3v) is 4.34. The first-order chi connectivity index (χ1) is 10.7. The van der Waals surface area contributed by atoms with Gasteiger partial charge in [-0.2, -0.15) is 5.10 Å². The number of carbonyl (C=O) groups excluding carboxylic acids is 1. The molecule has 7 heteroatoms. The zero-order valence-corrected chi connectivity index (χ0v) is 14.0. The average Bonchev–Trinajstić information content (AvgIpc) is 2.97. The topological polar surface area (TPSA) is 57.6 Å². The van der Waals surface area contributed by atoms with Crippen LogP contribution in [0.25, 0.3) is 0 Å². The van der Waals surface area contributed by atoms with Crippen LogP contribution in [-0.2, 0) is 0 Å². The maximum Gasteiger partial charge on any atom is 0.272 e. The van der Waals surface area contributed by atoms with Gasteiger partial charge in [0.1, 0.15) is 0 Å². The van der Waals surface area contributed by atoms with Crippen molar-refractivity contribution in [1.29, 1.82) is 0 Å². The van der Waals surface area contributed by atoms with E-state index in [-0.39, 0.29) is 5.91 Å². The molecule has 1 aromatic heterocycles. The Hall–Kier alpha value is -1.92. The number of carbonyl (C=O) groups is 1. The maximum absolute atomic E-state index is 11.9. The van der Waals surface area contributed by atoms with Crippen molar-refractivity contribution in [1.82, 2.24) is 10.4 Å². The lowest BCUT2D eigenvalue weighted by atomic mass is 10.2. The van der Waals surface area contributed by atoms with Crippen LogP contribution >= 0.6 is 22.9 Å². The number of hydrogen-bond acceptors (Lipinski definition) is 5. The third-order valence-electron chi connectivity index (χ3n) is 3.02. The first-order valence-corrected chi connectivity index (χ1v) is 8.13. The van der Waals surface area contributed by atoms with E-state index in [2.05, 4.69) is 34.3 Å². The van der Waals surface area contributed by atoms with Gasteiger partial charge in [-0.25, -0.2) is 10.4 Å². The summed E-state index contributed by atoms with van der Waals surface area (Å²) in [6.07, 6.45) is 3.32. The molecule has 0 spiro atoms. The van der Waals surface area contributed by atoms with Crippen LogP contribution in [0.1, 0.15) is 29.1 Å². The minimum Gasteiger partial charge on any atom is -0.349 e. The molecule has 1 heterocycles. The van der Waals surface area contributed by atoms with Crippen LogP contribution in [0.5, 0.6) is 0 Å². The Labute approximate surface area is 138 Å².